The number of benzene rings is 1. The van der Waals surface area contributed by atoms with Gasteiger partial charge in [-0.2, -0.15) is 0 Å². The van der Waals surface area contributed by atoms with E-state index in [1.54, 1.807) is 31.4 Å². The lowest BCUT2D eigenvalue weighted by molar-refractivity contribution is 0.103. The van der Waals surface area contributed by atoms with Crippen molar-refractivity contribution in [2.24, 2.45) is 5.73 Å². The first kappa shape index (κ1) is 12.9. The smallest absolute Gasteiger partial charge is 0.212 e. The molecule has 0 radical (unpaired) electrons. The Morgan fingerprint density at radius 3 is 2.78 bits per heavy atom. The molecule has 0 aliphatic carbocycles. The molecule has 0 amide bonds. The van der Waals surface area contributed by atoms with Gasteiger partial charge in [0.15, 0.2) is 0 Å². The number of nitrogens with zero attached hydrogens (tertiary/aromatic N) is 1. The third kappa shape index (κ3) is 2.47. The summed E-state index contributed by atoms with van der Waals surface area (Å²) >= 11 is 1.34. The predicted molar refractivity (Wildman–Crippen MR) is 69.3 cm³/mol. The van der Waals surface area contributed by atoms with Gasteiger partial charge in [-0.05, 0) is 25.5 Å². The van der Waals surface area contributed by atoms with E-state index in [4.69, 9.17) is 5.73 Å². The number of rotatable bonds is 3. The summed E-state index contributed by atoms with van der Waals surface area (Å²) in [5, 5.41) is 2.35. The van der Waals surface area contributed by atoms with Gasteiger partial charge in [0.2, 0.25) is 5.78 Å². The summed E-state index contributed by atoms with van der Waals surface area (Å²) in [6, 6.07) is 4.22. The lowest BCUT2D eigenvalue weighted by atomic mass is 10.1. The number of aryl methyl sites for hydroxylation is 1. The van der Waals surface area contributed by atoms with Crippen molar-refractivity contribution < 1.29 is 9.18 Å². The summed E-state index contributed by atoms with van der Waals surface area (Å²) in [4.78, 5) is 16.2. The van der Waals surface area contributed by atoms with Crippen molar-refractivity contribution >= 4 is 17.1 Å². The fourth-order valence-electron chi connectivity index (χ4n) is 1.48. The average Bonchev–Trinajstić information content (AvgIpc) is 2.81. The topological polar surface area (TPSA) is 56.0 Å². The van der Waals surface area contributed by atoms with Gasteiger partial charge in [-0.3, -0.25) is 4.79 Å². The summed E-state index contributed by atoms with van der Waals surface area (Å²) in [7, 11) is 0. The molecule has 0 aliphatic rings. The molecule has 3 nitrogen and oxygen atoms in total. The van der Waals surface area contributed by atoms with Crippen molar-refractivity contribution in [3.05, 3.63) is 51.2 Å². The van der Waals surface area contributed by atoms with Gasteiger partial charge < -0.3 is 5.73 Å². The summed E-state index contributed by atoms with van der Waals surface area (Å²) in [5.74, 6) is -0.666. The van der Waals surface area contributed by atoms with E-state index in [2.05, 4.69) is 4.98 Å². The number of thiazole rings is 1. The molecule has 2 N–H and O–H groups in total. The van der Waals surface area contributed by atoms with E-state index in [0.717, 1.165) is 0 Å². The van der Waals surface area contributed by atoms with Crippen LogP contribution in [0.5, 0.6) is 0 Å². The van der Waals surface area contributed by atoms with Crippen LogP contribution in [-0.2, 0) is 0 Å². The second-order valence-electron chi connectivity index (χ2n) is 4.15. The van der Waals surface area contributed by atoms with E-state index in [9.17, 15) is 9.18 Å². The normalized spacial score (nSPS) is 12.4. The molecule has 94 valence electrons. The number of nitrogens with two attached hydrogens (primary N) is 1. The maximum Gasteiger partial charge on any atom is 0.212 e. The molecule has 0 fully saturated rings. The molecular weight excluding hydrogens is 251 g/mol. The number of aromatic nitrogens is 1. The van der Waals surface area contributed by atoms with Crippen LogP contribution < -0.4 is 5.73 Å². The zero-order valence-electron chi connectivity index (χ0n) is 10.1. The molecule has 1 heterocycles. The fraction of sp³-hybridized carbons (Fsp3) is 0.231. The van der Waals surface area contributed by atoms with Crippen LogP contribution in [0.15, 0.2) is 23.6 Å². The molecule has 1 aromatic carbocycles. The van der Waals surface area contributed by atoms with Crippen molar-refractivity contribution in [3.8, 4) is 0 Å². The number of hydrogen-bond acceptors (Lipinski definition) is 4. The molecule has 0 saturated heterocycles. The van der Waals surface area contributed by atoms with Gasteiger partial charge >= 0.3 is 0 Å². The van der Waals surface area contributed by atoms with Gasteiger partial charge in [-0.15, -0.1) is 11.3 Å². The first-order chi connectivity index (χ1) is 8.49. The predicted octanol–water partition coefficient (Wildman–Crippen LogP) is 2.84. The Hall–Kier alpha value is -1.59. The molecule has 0 spiro atoms. The SMILES string of the molecule is Cc1ccc(C(=O)c2csc(C(C)N)n2)cc1F. The van der Waals surface area contributed by atoms with Gasteiger partial charge in [0.1, 0.15) is 16.5 Å². The van der Waals surface area contributed by atoms with E-state index >= 15 is 0 Å². The van der Waals surface area contributed by atoms with Gasteiger partial charge in [-0.25, -0.2) is 9.37 Å². The molecule has 0 aliphatic heterocycles. The number of halogens is 1. The molecule has 1 aromatic heterocycles. The van der Waals surface area contributed by atoms with Gasteiger partial charge in [0.25, 0.3) is 0 Å². The molecule has 1 unspecified atom stereocenters. The summed E-state index contributed by atoms with van der Waals surface area (Å²) in [6.45, 7) is 3.46. The monoisotopic (exact) mass is 264 g/mol. The van der Waals surface area contributed by atoms with E-state index < -0.39 is 0 Å². The Morgan fingerprint density at radius 1 is 1.50 bits per heavy atom. The summed E-state index contributed by atoms with van der Waals surface area (Å²) < 4.78 is 13.4. The Morgan fingerprint density at radius 2 is 2.22 bits per heavy atom. The van der Waals surface area contributed by atoms with Crippen molar-refractivity contribution in [1.82, 2.24) is 4.98 Å². The van der Waals surface area contributed by atoms with Gasteiger partial charge in [-0.1, -0.05) is 12.1 Å². The maximum absolute atomic E-state index is 13.4. The van der Waals surface area contributed by atoms with E-state index in [1.165, 1.54) is 17.4 Å². The lowest BCUT2D eigenvalue weighted by Crippen LogP contribution is -2.07. The molecule has 18 heavy (non-hydrogen) atoms. The first-order valence-corrected chi connectivity index (χ1v) is 6.39. The van der Waals surface area contributed by atoms with E-state index in [1.807, 2.05) is 0 Å². The molecular formula is C13H13FN2OS. The van der Waals surface area contributed by atoms with Crippen molar-refractivity contribution in [3.63, 3.8) is 0 Å². The van der Waals surface area contributed by atoms with Crippen LogP contribution in [0, 0.1) is 12.7 Å². The van der Waals surface area contributed by atoms with Crippen LogP contribution in [0.1, 0.15) is 39.6 Å². The second-order valence-corrected chi connectivity index (χ2v) is 5.04. The van der Waals surface area contributed by atoms with Crippen LogP contribution in [0.4, 0.5) is 4.39 Å². The van der Waals surface area contributed by atoms with Crippen LogP contribution in [0.25, 0.3) is 0 Å². The Labute approximate surface area is 108 Å². The van der Waals surface area contributed by atoms with Crippen molar-refractivity contribution in [1.29, 1.82) is 0 Å². The van der Waals surface area contributed by atoms with Crippen LogP contribution in [0.3, 0.4) is 0 Å². The van der Waals surface area contributed by atoms with Crippen LogP contribution in [0.2, 0.25) is 0 Å². The molecule has 2 aromatic rings. The number of ketones is 1. The standard InChI is InChI=1S/C13H13FN2OS/c1-7-3-4-9(5-10(7)14)12(17)11-6-18-13(16-11)8(2)15/h3-6,8H,15H2,1-2H3. The molecule has 0 bridgehead atoms. The number of carbonyl (C=O) groups excluding carboxylic acids is 1. The zero-order chi connectivity index (χ0) is 13.3. The van der Waals surface area contributed by atoms with Gasteiger partial charge in [0, 0.05) is 10.9 Å². The quantitative estimate of drug-likeness (QED) is 0.867. The zero-order valence-corrected chi connectivity index (χ0v) is 10.9. The minimum Gasteiger partial charge on any atom is -0.322 e. The second kappa shape index (κ2) is 4.96. The Bertz CT molecular complexity index is 592. The third-order valence-electron chi connectivity index (χ3n) is 2.58. The summed E-state index contributed by atoms with van der Waals surface area (Å²) in [6.07, 6.45) is 0. The van der Waals surface area contributed by atoms with Crippen LogP contribution >= 0.6 is 11.3 Å². The fourth-order valence-corrected chi connectivity index (χ4v) is 2.24. The lowest BCUT2D eigenvalue weighted by Gasteiger charge is -2.01. The Balaban J connectivity index is 2.32. The highest BCUT2D eigenvalue weighted by Gasteiger charge is 2.15. The molecule has 2 rings (SSSR count). The largest absolute Gasteiger partial charge is 0.322 e. The molecule has 5 heteroatoms. The highest BCUT2D eigenvalue weighted by Crippen LogP contribution is 2.19. The molecule has 1 atom stereocenters. The van der Waals surface area contributed by atoms with Gasteiger partial charge in [0.05, 0.1) is 6.04 Å². The first-order valence-electron chi connectivity index (χ1n) is 5.51. The number of hydrogen-bond donors (Lipinski definition) is 1. The van der Waals surface area contributed by atoms with Crippen molar-refractivity contribution in [2.45, 2.75) is 19.9 Å². The third-order valence-corrected chi connectivity index (χ3v) is 3.62. The summed E-state index contributed by atoms with van der Waals surface area (Å²) in [5.41, 5.74) is 6.82. The van der Waals surface area contributed by atoms with E-state index in [0.29, 0.717) is 21.8 Å². The maximum atomic E-state index is 13.4. The van der Waals surface area contributed by atoms with E-state index in [-0.39, 0.29) is 17.6 Å². The highest BCUT2D eigenvalue weighted by molar-refractivity contribution is 7.09. The average molecular weight is 264 g/mol. The number of carbonyl (C=O) groups is 1. The van der Waals surface area contributed by atoms with Crippen molar-refractivity contribution in [2.75, 3.05) is 0 Å². The Kier molecular flexibility index (Phi) is 3.54. The highest BCUT2D eigenvalue weighted by atomic mass is 32.1. The van der Waals surface area contributed by atoms with Crippen LogP contribution in [-0.4, -0.2) is 10.8 Å². The molecule has 0 saturated carbocycles. The minimum absolute atomic E-state index is 0.202. The minimum atomic E-state index is -0.386.